The SMILES string of the molecule is C=CCN.O=S(=O)(O)C(F)(F)C(F)(F)C(F)(F)C(F)(F)C(F)(F)C(F)(F)C(F)(F)CF. The summed E-state index contributed by atoms with van der Waals surface area (Å²) in [6.07, 6.45) is 1.65. The van der Waals surface area contributed by atoms with Gasteiger partial charge in [0, 0.05) is 6.54 Å². The molecule has 0 aliphatic rings. The number of halogens is 15. The molecule has 31 heavy (non-hydrogen) atoms. The smallest absolute Gasteiger partial charge is 0.327 e. The van der Waals surface area contributed by atoms with Gasteiger partial charge in [-0.1, -0.05) is 6.08 Å². The van der Waals surface area contributed by atoms with Gasteiger partial charge in [0.15, 0.2) is 6.67 Å². The Balaban J connectivity index is 0. The van der Waals surface area contributed by atoms with Crippen LogP contribution in [0, 0.1) is 0 Å². The molecule has 0 fully saturated rings. The minimum Gasteiger partial charge on any atom is -0.327 e. The lowest BCUT2D eigenvalue weighted by Crippen LogP contribution is -2.73. The fourth-order valence-corrected chi connectivity index (χ4v) is 1.70. The number of hydrogen-bond donors (Lipinski definition) is 2. The summed E-state index contributed by atoms with van der Waals surface area (Å²) in [5.74, 6) is -48.3. The van der Waals surface area contributed by atoms with E-state index in [-0.39, 0.29) is 0 Å². The van der Waals surface area contributed by atoms with Gasteiger partial charge in [0.2, 0.25) is 0 Å². The Morgan fingerprint density at radius 3 is 1.19 bits per heavy atom. The van der Waals surface area contributed by atoms with E-state index in [2.05, 4.69) is 6.58 Å². The second-order valence-electron chi connectivity index (χ2n) is 5.23. The standard InChI is InChI=1S/C8H3F15O3S.C3H7N/c9-1-2(10,11)3(12,13)4(14,15)5(16,17)6(18,19)7(20,21)8(22,23)27(24,25)26;1-2-3-4/h1H2,(H,24,25,26);2H,1,3-4H2. The van der Waals surface area contributed by atoms with E-state index in [0.717, 1.165) is 0 Å². The lowest BCUT2D eigenvalue weighted by Gasteiger charge is -2.41. The summed E-state index contributed by atoms with van der Waals surface area (Å²) in [6.45, 7) is 0.0296. The van der Waals surface area contributed by atoms with Gasteiger partial charge in [-0.15, -0.1) is 6.58 Å². The Kier molecular flexibility index (Phi) is 9.04. The number of hydrogen-bond acceptors (Lipinski definition) is 3. The Labute approximate surface area is 162 Å². The molecule has 0 bridgehead atoms. The molecule has 4 nitrogen and oxygen atoms in total. The molecule has 3 N–H and O–H groups in total. The third-order valence-electron chi connectivity index (χ3n) is 3.06. The van der Waals surface area contributed by atoms with Gasteiger partial charge >= 0.3 is 50.9 Å². The maximum atomic E-state index is 13.0. The van der Waals surface area contributed by atoms with Gasteiger partial charge in [0.25, 0.3) is 0 Å². The van der Waals surface area contributed by atoms with Crippen molar-refractivity contribution >= 4 is 10.1 Å². The monoisotopic (exact) mass is 521 g/mol. The topological polar surface area (TPSA) is 80.4 Å². The first kappa shape index (κ1) is 31.7. The zero-order chi connectivity index (χ0) is 26.1. The molecule has 0 saturated carbocycles. The minimum absolute atomic E-state index is 0.583. The average Bonchev–Trinajstić information content (AvgIpc) is 2.59. The van der Waals surface area contributed by atoms with Crippen LogP contribution >= 0.6 is 0 Å². The van der Waals surface area contributed by atoms with Crippen molar-refractivity contribution in [2.24, 2.45) is 5.73 Å². The number of nitrogens with two attached hydrogens (primary N) is 1. The second-order valence-corrected chi connectivity index (χ2v) is 6.69. The largest absolute Gasteiger partial charge is 0.438 e. The van der Waals surface area contributed by atoms with Gasteiger partial charge in [0.05, 0.1) is 0 Å². The maximum absolute atomic E-state index is 13.0. The molecule has 188 valence electrons. The van der Waals surface area contributed by atoms with Crippen LogP contribution in [0.3, 0.4) is 0 Å². The predicted molar refractivity (Wildman–Crippen MR) is 71.4 cm³/mol. The summed E-state index contributed by atoms with van der Waals surface area (Å²) in [5, 5.41) is -7.68. The molecule has 0 unspecified atom stereocenters. The van der Waals surface area contributed by atoms with Crippen LogP contribution in [-0.4, -0.2) is 67.0 Å². The van der Waals surface area contributed by atoms with Crippen LogP contribution in [0.15, 0.2) is 12.7 Å². The second kappa shape index (κ2) is 8.83. The van der Waals surface area contributed by atoms with Crippen LogP contribution in [-0.2, 0) is 10.1 Å². The molecule has 0 radical (unpaired) electrons. The molecular weight excluding hydrogens is 511 g/mol. The van der Waals surface area contributed by atoms with E-state index in [1.807, 2.05) is 0 Å². The zero-order valence-corrected chi connectivity index (χ0v) is 14.9. The average molecular weight is 521 g/mol. The van der Waals surface area contributed by atoms with E-state index >= 15 is 0 Å². The molecule has 0 atom stereocenters. The highest BCUT2D eigenvalue weighted by molar-refractivity contribution is 7.87. The van der Waals surface area contributed by atoms with Crippen molar-refractivity contribution in [3.63, 3.8) is 0 Å². The molecule has 0 aromatic rings. The van der Waals surface area contributed by atoms with Crippen LogP contribution in [0.5, 0.6) is 0 Å². The summed E-state index contributed by atoms with van der Waals surface area (Å²) in [7, 11) is -7.75. The van der Waals surface area contributed by atoms with Crippen molar-refractivity contribution in [2.45, 2.75) is 40.8 Å². The first-order chi connectivity index (χ1) is 13.2. The Morgan fingerprint density at radius 2 is 0.968 bits per heavy atom. The first-order valence-corrected chi connectivity index (χ1v) is 8.15. The summed E-state index contributed by atoms with van der Waals surface area (Å²) < 4.78 is 219. The van der Waals surface area contributed by atoms with Crippen molar-refractivity contribution in [1.82, 2.24) is 0 Å². The Bertz CT molecular complexity index is 734. The third-order valence-corrected chi connectivity index (χ3v) is 3.97. The van der Waals surface area contributed by atoms with Gasteiger partial charge in [-0.2, -0.15) is 69.9 Å². The highest BCUT2D eigenvalue weighted by Crippen LogP contribution is 2.62. The van der Waals surface area contributed by atoms with Gasteiger partial charge in [-0.05, 0) is 0 Å². The van der Waals surface area contributed by atoms with Crippen LogP contribution in [0.1, 0.15) is 0 Å². The van der Waals surface area contributed by atoms with Gasteiger partial charge in [0.1, 0.15) is 0 Å². The summed E-state index contributed by atoms with van der Waals surface area (Å²) in [4.78, 5) is 0. The minimum atomic E-state index is -8.53. The summed E-state index contributed by atoms with van der Waals surface area (Å²) >= 11 is 0. The molecule has 0 rings (SSSR count). The van der Waals surface area contributed by atoms with Crippen molar-refractivity contribution in [3.05, 3.63) is 12.7 Å². The maximum Gasteiger partial charge on any atom is 0.438 e. The molecule has 20 heteroatoms. The Hall–Kier alpha value is -1.44. The highest BCUT2D eigenvalue weighted by atomic mass is 32.2. The highest BCUT2D eigenvalue weighted by Gasteiger charge is 2.94. The lowest BCUT2D eigenvalue weighted by atomic mass is 9.91. The molecule has 0 aliphatic carbocycles. The predicted octanol–water partition coefficient (Wildman–Crippen LogP) is 4.38. The van der Waals surface area contributed by atoms with Crippen LogP contribution in [0.4, 0.5) is 65.9 Å². The van der Waals surface area contributed by atoms with E-state index in [4.69, 9.17) is 10.3 Å². The fraction of sp³-hybridized carbons (Fsp3) is 0.818. The molecular formula is C11H10F15NO3S. The molecule has 0 aliphatic heterocycles. The molecule has 0 aromatic heterocycles. The van der Waals surface area contributed by atoms with E-state index in [9.17, 15) is 74.3 Å². The third kappa shape index (κ3) is 4.69. The zero-order valence-electron chi connectivity index (χ0n) is 14.1. The van der Waals surface area contributed by atoms with Crippen molar-refractivity contribution in [3.8, 4) is 0 Å². The van der Waals surface area contributed by atoms with E-state index in [1.54, 1.807) is 6.08 Å². The van der Waals surface area contributed by atoms with Crippen molar-refractivity contribution < 1.29 is 78.8 Å². The van der Waals surface area contributed by atoms with Crippen molar-refractivity contribution in [1.29, 1.82) is 0 Å². The quantitative estimate of drug-likeness (QED) is 0.268. The molecule has 0 aromatic carbocycles. The normalized spacial score (nSPS) is 15.3. The fourth-order valence-electron chi connectivity index (χ4n) is 1.25. The van der Waals surface area contributed by atoms with Crippen LogP contribution in [0.2, 0.25) is 0 Å². The van der Waals surface area contributed by atoms with E-state index in [1.165, 1.54) is 0 Å². The van der Waals surface area contributed by atoms with Crippen molar-refractivity contribution in [2.75, 3.05) is 13.2 Å². The van der Waals surface area contributed by atoms with Gasteiger partial charge in [-0.25, -0.2) is 4.39 Å². The Morgan fingerprint density at radius 1 is 0.710 bits per heavy atom. The van der Waals surface area contributed by atoms with Gasteiger partial charge in [-0.3, -0.25) is 4.55 Å². The van der Waals surface area contributed by atoms with Gasteiger partial charge < -0.3 is 5.73 Å². The molecule has 0 amide bonds. The lowest BCUT2D eigenvalue weighted by molar-refractivity contribution is -0.436. The van der Waals surface area contributed by atoms with E-state index in [0.29, 0.717) is 6.54 Å². The summed E-state index contributed by atoms with van der Waals surface area (Å²) in [6, 6.07) is 0. The molecule has 0 saturated heterocycles. The molecule has 0 spiro atoms. The first-order valence-electron chi connectivity index (χ1n) is 6.71. The van der Waals surface area contributed by atoms with Crippen LogP contribution < -0.4 is 5.73 Å². The number of alkyl halides is 15. The summed E-state index contributed by atoms with van der Waals surface area (Å²) in [5.41, 5.74) is 4.91. The molecule has 0 heterocycles. The van der Waals surface area contributed by atoms with Crippen LogP contribution in [0.25, 0.3) is 0 Å². The van der Waals surface area contributed by atoms with E-state index < -0.39 is 57.6 Å². The number of rotatable bonds is 9.